The predicted molar refractivity (Wildman–Crippen MR) is 90.4 cm³/mol. The molecule has 1 amide bonds. The van der Waals surface area contributed by atoms with Gasteiger partial charge in [-0.1, -0.05) is 17.7 Å². The summed E-state index contributed by atoms with van der Waals surface area (Å²) in [6, 6.07) is 6.02. The predicted octanol–water partition coefficient (Wildman–Crippen LogP) is 3.21. The third-order valence-corrected chi connectivity index (χ3v) is 4.23. The fourth-order valence-electron chi connectivity index (χ4n) is 2.29. The molecule has 0 saturated carbocycles. The topological polar surface area (TPSA) is 72.7 Å². The van der Waals surface area contributed by atoms with Gasteiger partial charge in [0.15, 0.2) is 10.8 Å². The monoisotopic (exact) mass is 327 g/mol. The molecule has 0 aliphatic carbocycles. The summed E-state index contributed by atoms with van der Waals surface area (Å²) in [5, 5.41) is 12.0. The number of nitrogens with zero attached hydrogens (tertiary/aromatic N) is 4. The van der Waals surface area contributed by atoms with Crippen molar-refractivity contribution in [3.8, 4) is 5.69 Å². The summed E-state index contributed by atoms with van der Waals surface area (Å²) in [5.41, 5.74) is 3.98. The first-order chi connectivity index (χ1) is 10.9. The Morgan fingerprint density at radius 3 is 2.61 bits per heavy atom. The van der Waals surface area contributed by atoms with E-state index in [2.05, 4.69) is 26.6 Å². The number of anilines is 1. The number of hydrogen-bond donors (Lipinski definition) is 1. The molecule has 0 radical (unpaired) electrons. The molecule has 0 aliphatic heterocycles. The maximum absolute atomic E-state index is 12.4. The van der Waals surface area contributed by atoms with Crippen LogP contribution >= 0.6 is 11.3 Å². The highest BCUT2D eigenvalue weighted by Gasteiger charge is 2.18. The van der Waals surface area contributed by atoms with E-state index in [-0.39, 0.29) is 5.91 Å². The summed E-state index contributed by atoms with van der Waals surface area (Å²) >= 11 is 1.43. The van der Waals surface area contributed by atoms with E-state index in [1.54, 1.807) is 13.1 Å². The van der Waals surface area contributed by atoms with Crippen molar-refractivity contribution in [2.24, 2.45) is 0 Å². The lowest BCUT2D eigenvalue weighted by molar-refractivity contribution is 0.102. The zero-order valence-corrected chi connectivity index (χ0v) is 14.2. The minimum atomic E-state index is -0.298. The third-order valence-electron chi connectivity index (χ3n) is 3.41. The van der Waals surface area contributed by atoms with Crippen molar-refractivity contribution in [3.63, 3.8) is 0 Å². The highest BCUT2D eigenvalue weighted by atomic mass is 32.1. The Morgan fingerprint density at radius 1 is 1.17 bits per heavy atom. The lowest BCUT2D eigenvalue weighted by Gasteiger charge is -2.04. The van der Waals surface area contributed by atoms with Crippen molar-refractivity contribution in [1.82, 2.24) is 20.0 Å². The zero-order valence-electron chi connectivity index (χ0n) is 13.4. The Balaban J connectivity index is 1.90. The second-order valence-electron chi connectivity index (χ2n) is 5.44. The van der Waals surface area contributed by atoms with E-state index < -0.39 is 0 Å². The largest absolute Gasteiger partial charge is 0.296 e. The molecule has 0 atom stereocenters. The minimum Gasteiger partial charge on any atom is -0.296 e. The number of carbonyl (C=O) groups excluding carboxylic acids is 1. The number of rotatable bonds is 3. The normalized spacial score (nSPS) is 10.8. The van der Waals surface area contributed by atoms with Crippen LogP contribution in [0, 0.1) is 27.7 Å². The highest BCUT2D eigenvalue weighted by molar-refractivity contribution is 7.15. The van der Waals surface area contributed by atoms with Crippen molar-refractivity contribution in [1.29, 1.82) is 0 Å². The molecule has 2 aromatic heterocycles. The molecule has 0 saturated heterocycles. The Kier molecular flexibility index (Phi) is 3.96. The van der Waals surface area contributed by atoms with Gasteiger partial charge in [0.1, 0.15) is 0 Å². The molecule has 118 valence electrons. The fourth-order valence-corrected chi connectivity index (χ4v) is 2.95. The van der Waals surface area contributed by atoms with Crippen LogP contribution in [-0.2, 0) is 0 Å². The molecule has 0 unspecified atom stereocenters. The number of benzene rings is 1. The summed E-state index contributed by atoms with van der Waals surface area (Å²) < 4.78 is 0. The fraction of sp³-hybridized carbons (Fsp3) is 0.250. The Morgan fingerprint density at radius 2 is 1.96 bits per heavy atom. The number of carbonyl (C=O) groups is 1. The number of amides is 1. The van der Waals surface area contributed by atoms with Crippen LogP contribution in [0.25, 0.3) is 5.69 Å². The molecule has 2 heterocycles. The maximum Gasteiger partial charge on any atom is 0.279 e. The van der Waals surface area contributed by atoms with Crippen LogP contribution < -0.4 is 5.32 Å². The lowest BCUT2D eigenvalue weighted by Crippen LogP contribution is -2.14. The standard InChI is InChI=1S/C16H17N5OS/c1-9-5-6-13(10(2)7-9)21-19-12(4)14(20-21)15(22)18-16-17-8-11(3)23-16/h5-8H,1-4H3,(H,17,18,22). The molecule has 0 fully saturated rings. The van der Waals surface area contributed by atoms with Gasteiger partial charge in [0.25, 0.3) is 5.91 Å². The molecule has 3 rings (SSSR count). The molecule has 1 aromatic carbocycles. The highest BCUT2D eigenvalue weighted by Crippen LogP contribution is 2.19. The summed E-state index contributed by atoms with van der Waals surface area (Å²) in [5.74, 6) is -0.298. The number of nitrogens with one attached hydrogen (secondary N) is 1. The smallest absolute Gasteiger partial charge is 0.279 e. The van der Waals surface area contributed by atoms with Crippen LogP contribution in [-0.4, -0.2) is 25.9 Å². The molecule has 23 heavy (non-hydrogen) atoms. The first kappa shape index (κ1) is 15.4. The van der Waals surface area contributed by atoms with E-state index in [1.807, 2.05) is 32.9 Å². The van der Waals surface area contributed by atoms with E-state index in [0.717, 1.165) is 16.1 Å². The first-order valence-corrected chi connectivity index (χ1v) is 8.01. The van der Waals surface area contributed by atoms with Gasteiger partial charge in [0, 0.05) is 11.1 Å². The summed E-state index contributed by atoms with van der Waals surface area (Å²) in [6.45, 7) is 7.75. The van der Waals surface area contributed by atoms with Gasteiger partial charge in [0.05, 0.1) is 11.4 Å². The molecule has 6 nitrogen and oxygen atoms in total. The average Bonchev–Trinajstić information content (AvgIpc) is 3.05. The molecular weight excluding hydrogens is 310 g/mol. The number of aromatic nitrogens is 4. The van der Waals surface area contributed by atoms with Crippen LogP contribution in [0.2, 0.25) is 0 Å². The van der Waals surface area contributed by atoms with Crippen molar-refractivity contribution >= 4 is 22.4 Å². The minimum absolute atomic E-state index is 0.298. The van der Waals surface area contributed by atoms with Gasteiger partial charge < -0.3 is 0 Å². The lowest BCUT2D eigenvalue weighted by atomic mass is 10.1. The quantitative estimate of drug-likeness (QED) is 0.802. The Hall–Kier alpha value is -2.54. The second kappa shape index (κ2) is 5.92. The number of aryl methyl sites for hydroxylation is 4. The SMILES string of the molecule is Cc1ccc(-n2nc(C)c(C(=O)Nc3ncc(C)s3)n2)c(C)c1. The van der Waals surface area contributed by atoms with Gasteiger partial charge in [-0.3, -0.25) is 10.1 Å². The van der Waals surface area contributed by atoms with Gasteiger partial charge in [-0.25, -0.2) is 4.98 Å². The molecule has 0 bridgehead atoms. The average molecular weight is 327 g/mol. The van der Waals surface area contributed by atoms with Gasteiger partial charge in [-0.15, -0.1) is 16.4 Å². The molecule has 0 spiro atoms. The third kappa shape index (κ3) is 3.14. The number of thiazole rings is 1. The zero-order chi connectivity index (χ0) is 16.6. The van der Waals surface area contributed by atoms with Gasteiger partial charge >= 0.3 is 0 Å². The molecule has 1 N–H and O–H groups in total. The Bertz CT molecular complexity index is 880. The maximum atomic E-state index is 12.4. The molecule has 7 heteroatoms. The summed E-state index contributed by atoms with van der Waals surface area (Å²) in [6.07, 6.45) is 1.72. The summed E-state index contributed by atoms with van der Waals surface area (Å²) in [4.78, 5) is 19.0. The van der Waals surface area contributed by atoms with Crippen LogP contribution in [0.5, 0.6) is 0 Å². The molecular formula is C16H17N5OS. The first-order valence-electron chi connectivity index (χ1n) is 7.19. The summed E-state index contributed by atoms with van der Waals surface area (Å²) in [7, 11) is 0. The van der Waals surface area contributed by atoms with Crippen LogP contribution in [0.4, 0.5) is 5.13 Å². The Labute approximate surface area is 138 Å². The number of hydrogen-bond acceptors (Lipinski definition) is 5. The van der Waals surface area contributed by atoms with E-state index in [0.29, 0.717) is 16.5 Å². The van der Waals surface area contributed by atoms with Crippen molar-refractivity contribution < 1.29 is 4.79 Å². The van der Waals surface area contributed by atoms with Crippen LogP contribution in [0.3, 0.4) is 0 Å². The van der Waals surface area contributed by atoms with Crippen LogP contribution in [0.1, 0.15) is 32.2 Å². The van der Waals surface area contributed by atoms with Gasteiger partial charge in [-0.2, -0.15) is 9.90 Å². The van der Waals surface area contributed by atoms with Crippen LogP contribution in [0.15, 0.2) is 24.4 Å². The van der Waals surface area contributed by atoms with Crippen molar-refractivity contribution in [2.45, 2.75) is 27.7 Å². The van der Waals surface area contributed by atoms with E-state index in [9.17, 15) is 4.79 Å². The van der Waals surface area contributed by atoms with E-state index in [1.165, 1.54) is 21.7 Å². The van der Waals surface area contributed by atoms with Gasteiger partial charge in [-0.05, 0) is 39.3 Å². The van der Waals surface area contributed by atoms with E-state index in [4.69, 9.17) is 0 Å². The molecule has 0 aliphatic rings. The second-order valence-corrected chi connectivity index (χ2v) is 6.68. The van der Waals surface area contributed by atoms with E-state index >= 15 is 0 Å². The molecule has 3 aromatic rings. The van der Waals surface area contributed by atoms with Gasteiger partial charge in [0.2, 0.25) is 0 Å². The van der Waals surface area contributed by atoms with Crippen molar-refractivity contribution in [2.75, 3.05) is 5.32 Å². The van der Waals surface area contributed by atoms with Crippen molar-refractivity contribution in [3.05, 3.63) is 51.8 Å².